The van der Waals surface area contributed by atoms with Crippen molar-refractivity contribution in [2.75, 3.05) is 13.7 Å². The zero-order chi connectivity index (χ0) is 12.0. The summed E-state index contributed by atoms with van der Waals surface area (Å²) in [4.78, 5) is 21.9. The van der Waals surface area contributed by atoms with E-state index in [1.807, 2.05) is 0 Å². The molecule has 0 aromatic heterocycles. The highest BCUT2D eigenvalue weighted by atomic mass is 16.7. The number of carbonyl (C=O) groups is 2. The van der Waals surface area contributed by atoms with E-state index in [0.717, 1.165) is 12.8 Å². The topological polar surface area (TPSA) is 64.6 Å². The lowest BCUT2D eigenvalue weighted by Gasteiger charge is -2.23. The van der Waals surface area contributed by atoms with Gasteiger partial charge in [-0.2, -0.15) is 0 Å². The van der Waals surface area contributed by atoms with Gasteiger partial charge in [-0.25, -0.2) is 4.79 Å². The molecule has 1 rings (SSSR count). The Labute approximate surface area is 95.5 Å². The van der Waals surface area contributed by atoms with Crippen LogP contribution < -0.4 is 5.32 Å². The maximum Gasteiger partial charge on any atom is 0.508 e. The van der Waals surface area contributed by atoms with Gasteiger partial charge in [-0.3, -0.25) is 4.79 Å². The molecule has 1 aliphatic rings. The Hall–Kier alpha value is -1.26. The van der Waals surface area contributed by atoms with Crippen molar-refractivity contribution in [2.24, 2.45) is 5.92 Å². The van der Waals surface area contributed by atoms with E-state index >= 15 is 0 Å². The second-order valence-corrected chi connectivity index (χ2v) is 4.12. The molecule has 1 N–H and O–H groups in total. The average Bonchev–Trinajstić information content (AvgIpc) is 2.76. The van der Waals surface area contributed by atoms with E-state index in [0.29, 0.717) is 5.92 Å². The second kappa shape index (κ2) is 6.35. The lowest BCUT2D eigenvalue weighted by molar-refractivity contribution is -0.120. The molecule has 1 fully saturated rings. The molecular formula is C11H19NO4. The van der Waals surface area contributed by atoms with E-state index < -0.39 is 6.16 Å². The molecule has 0 aromatic carbocycles. The molecule has 1 aliphatic carbocycles. The minimum Gasteiger partial charge on any atom is -0.438 e. The van der Waals surface area contributed by atoms with Gasteiger partial charge in [0.2, 0.25) is 5.91 Å². The minimum absolute atomic E-state index is 0.0842. The van der Waals surface area contributed by atoms with Crippen molar-refractivity contribution in [3.05, 3.63) is 0 Å². The molecule has 16 heavy (non-hydrogen) atoms. The molecule has 5 nitrogen and oxygen atoms in total. The molecule has 1 atom stereocenters. The lowest BCUT2D eigenvalue weighted by Crippen LogP contribution is -2.42. The first-order valence-electron chi connectivity index (χ1n) is 5.61. The van der Waals surface area contributed by atoms with Crippen LogP contribution in [0, 0.1) is 5.92 Å². The standard InChI is InChI=1S/C11H19NO4/c1-8(13)12-10(7-16-11(14)15-2)9-5-3-4-6-9/h9-10H,3-7H2,1-2H3,(H,12,13)/t10-/m1/s1. The molecule has 5 heteroatoms. The quantitative estimate of drug-likeness (QED) is 0.741. The maximum atomic E-state index is 11.0. The summed E-state index contributed by atoms with van der Waals surface area (Å²) in [5, 5.41) is 2.83. The monoisotopic (exact) mass is 229 g/mol. The van der Waals surface area contributed by atoms with Crippen LogP contribution in [0.3, 0.4) is 0 Å². The Balaban J connectivity index is 2.42. The second-order valence-electron chi connectivity index (χ2n) is 4.12. The van der Waals surface area contributed by atoms with Gasteiger partial charge < -0.3 is 14.8 Å². The fourth-order valence-electron chi connectivity index (χ4n) is 2.13. The van der Waals surface area contributed by atoms with Gasteiger partial charge in [-0.1, -0.05) is 12.8 Å². The lowest BCUT2D eigenvalue weighted by atomic mass is 9.99. The van der Waals surface area contributed by atoms with Crippen LogP contribution in [0.4, 0.5) is 4.79 Å². The molecule has 0 aliphatic heterocycles. The summed E-state index contributed by atoms with van der Waals surface area (Å²) >= 11 is 0. The number of hydrogen-bond donors (Lipinski definition) is 1. The molecule has 0 heterocycles. The highest BCUT2D eigenvalue weighted by molar-refractivity contribution is 5.73. The van der Waals surface area contributed by atoms with Gasteiger partial charge in [0, 0.05) is 6.92 Å². The first-order chi connectivity index (χ1) is 7.63. The Kier molecular flexibility index (Phi) is 5.08. The summed E-state index contributed by atoms with van der Waals surface area (Å²) in [5.41, 5.74) is 0. The van der Waals surface area contributed by atoms with Crippen molar-refractivity contribution in [3.63, 3.8) is 0 Å². The largest absolute Gasteiger partial charge is 0.508 e. The Morgan fingerprint density at radius 2 is 2.00 bits per heavy atom. The summed E-state index contributed by atoms with van der Waals surface area (Å²) < 4.78 is 9.29. The van der Waals surface area contributed by atoms with Crippen molar-refractivity contribution in [3.8, 4) is 0 Å². The third-order valence-corrected chi connectivity index (χ3v) is 2.90. The molecule has 1 saturated carbocycles. The number of amides is 1. The molecule has 1 amide bonds. The fraction of sp³-hybridized carbons (Fsp3) is 0.818. The molecule has 0 radical (unpaired) electrons. The average molecular weight is 229 g/mol. The predicted molar refractivity (Wildman–Crippen MR) is 57.9 cm³/mol. The molecule has 0 aromatic rings. The SMILES string of the molecule is COC(=O)OC[C@@H](NC(C)=O)C1CCCC1. The first kappa shape index (κ1) is 12.8. The van der Waals surface area contributed by atoms with Gasteiger partial charge in [-0.05, 0) is 18.8 Å². The van der Waals surface area contributed by atoms with Gasteiger partial charge in [0.1, 0.15) is 6.61 Å². The van der Waals surface area contributed by atoms with Gasteiger partial charge in [0.05, 0.1) is 13.2 Å². The van der Waals surface area contributed by atoms with E-state index in [1.165, 1.54) is 26.9 Å². The number of rotatable bonds is 4. The van der Waals surface area contributed by atoms with Gasteiger partial charge in [0.25, 0.3) is 0 Å². The van der Waals surface area contributed by atoms with Crippen molar-refractivity contribution in [2.45, 2.75) is 38.6 Å². The number of hydrogen-bond acceptors (Lipinski definition) is 4. The van der Waals surface area contributed by atoms with Crippen LogP contribution in [0.2, 0.25) is 0 Å². The molecule has 0 saturated heterocycles. The zero-order valence-corrected chi connectivity index (χ0v) is 9.82. The Bertz CT molecular complexity index is 248. The third-order valence-electron chi connectivity index (χ3n) is 2.90. The van der Waals surface area contributed by atoms with E-state index in [-0.39, 0.29) is 18.6 Å². The molecular weight excluding hydrogens is 210 g/mol. The van der Waals surface area contributed by atoms with E-state index in [2.05, 4.69) is 10.1 Å². The number of methoxy groups -OCH3 is 1. The van der Waals surface area contributed by atoms with Crippen LogP contribution in [0.1, 0.15) is 32.6 Å². The summed E-state index contributed by atoms with van der Waals surface area (Å²) in [7, 11) is 1.27. The summed E-state index contributed by atoms with van der Waals surface area (Å²) in [6, 6.07) is -0.0842. The van der Waals surface area contributed by atoms with Crippen LogP contribution in [0.15, 0.2) is 0 Å². The smallest absolute Gasteiger partial charge is 0.438 e. The molecule has 0 spiro atoms. The third kappa shape index (κ3) is 4.08. The van der Waals surface area contributed by atoms with Crippen molar-refractivity contribution < 1.29 is 19.1 Å². The predicted octanol–water partition coefficient (Wildman–Crippen LogP) is 1.46. The van der Waals surface area contributed by atoms with E-state index in [1.54, 1.807) is 0 Å². The molecule has 0 bridgehead atoms. The summed E-state index contributed by atoms with van der Waals surface area (Å²) in [6.07, 6.45) is 3.82. The maximum absolute atomic E-state index is 11.0. The molecule has 92 valence electrons. The van der Waals surface area contributed by atoms with E-state index in [4.69, 9.17) is 4.74 Å². The van der Waals surface area contributed by atoms with Crippen molar-refractivity contribution in [1.82, 2.24) is 5.32 Å². The number of carbonyl (C=O) groups excluding carboxylic acids is 2. The van der Waals surface area contributed by atoms with Crippen LogP contribution in [-0.2, 0) is 14.3 Å². The Morgan fingerprint density at radius 3 is 2.50 bits per heavy atom. The van der Waals surface area contributed by atoms with Crippen LogP contribution in [-0.4, -0.2) is 31.8 Å². The fourth-order valence-corrected chi connectivity index (χ4v) is 2.13. The van der Waals surface area contributed by atoms with Crippen LogP contribution in [0.25, 0.3) is 0 Å². The summed E-state index contributed by atoms with van der Waals surface area (Å²) in [5.74, 6) is 0.318. The number of nitrogens with one attached hydrogen (secondary N) is 1. The van der Waals surface area contributed by atoms with Gasteiger partial charge in [-0.15, -0.1) is 0 Å². The number of ether oxygens (including phenoxy) is 2. The Morgan fingerprint density at radius 1 is 1.38 bits per heavy atom. The summed E-state index contributed by atoms with van der Waals surface area (Å²) in [6.45, 7) is 1.66. The highest BCUT2D eigenvalue weighted by Crippen LogP contribution is 2.27. The van der Waals surface area contributed by atoms with Crippen molar-refractivity contribution in [1.29, 1.82) is 0 Å². The van der Waals surface area contributed by atoms with Gasteiger partial charge >= 0.3 is 6.16 Å². The van der Waals surface area contributed by atoms with Crippen LogP contribution in [0.5, 0.6) is 0 Å². The molecule has 0 unspecified atom stereocenters. The van der Waals surface area contributed by atoms with Gasteiger partial charge in [0.15, 0.2) is 0 Å². The van der Waals surface area contributed by atoms with Crippen LogP contribution >= 0.6 is 0 Å². The van der Waals surface area contributed by atoms with E-state index in [9.17, 15) is 9.59 Å². The normalized spacial score (nSPS) is 17.9. The minimum atomic E-state index is -0.701. The zero-order valence-electron chi connectivity index (χ0n) is 9.82. The first-order valence-corrected chi connectivity index (χ1v) is 5.61. The van der Waals surface area contributed by atoms with Crippen molar-refractivity contribution >= 4 is 12.1 Å². The highest BCUT2D eigenvalue weighted by Gasteiger charge is 2.26.